The Kier molecular flexibility index (Phi) is 5.48. The van der Waals surface area contributed by atoms with Gasteiger partial charge in [-0.1, -0.05) is 187 Å². The van der Waals surface area contributed by atoms with E-state index in [0.717, 1.165) is 39.2 Å². The summed E-state index contributed by atoms with van der Waals surface area (Å²) in [6.45, 7) is -24.6. The van der Waals surface area contributed by atoms with Crippen LogP contribution in [-0.2, 0) is 32.5 Å². The highest BCUT2D eigenvalue weighted by atomic mass is 16.5. The lowest BCUT2D eigenvalue weighted by Crippen LogP contribution is -2.34. The summed E-state index contributed by atoms with van der Waals surface area (Å²) >= 11 is 0. The van der Waals surface area contributed by atoms with E-state index in [1.165, 1.54) is 41.2 Å². The van der Waals surface area contributed by atoms with Crippen molar-refractivity contribution in [3.63, 3.8) is 0 Å². The molecule has 0 aliphatic heterocycles. The van der Waals surface area contributed by atoms with Gasteiger partial charge in [0.05, 0.1) is 19.3 Å². The third kappa shape index (κ3) is 8.40. The zero-order valence-corrected chi connectivity index (χ0v) is 44.1. The van der Waals surface area contributed by atoms with E-state index in [1.54, 1.807) is 30.5 Å². The molecule has 0 saturated carbocycles. The van der Waals surface area contributed by atoms with Crippen molar-refractivity contribution in [3.8, 4) is 50.9 Å². The monoisotopic (exact) mass is 1090 g/mol. The van der Waals surface area contributed by atoms with Crippen LogP contribution in [-0.4, -0.2) is 19.1 Å². The number of aromatic nitrogens is 5. The van der Waals surface area contributed by atoms with E-state index in [9.17, 15) is 19.2 Å². The molecule has 11 aromatic rings. The molecule has 0 unspecified atom stereocenters. The number of rotatable bonds is 7. The quantitative estimate of drug-likeness (QED) is 0.149. The van der Waals surface area contributed by atoms with Crippen LogP contribution in [0.25, 0.3) is 83.4 Å². The SMILES string of the molecule is [2H]c1c([2H])c2c(c([2H])c1-c1cccc(-c3c([2H])c([2H])c4c(c3[2H])C(C([2H])([2H])[2H])(C([2H])([2H])[2H])C([2H])([2H])C([2H])([2H])C4(C([2H])([2H])[2H])C([2H])([2H])[2H])c1-[n+]1cn(-c3cccc(Oc4cc5c(c6ccccc6n5-c5cc(C(C)(C)C)ccn5)c5nc(C(C)(C)C)oc45)c3)c3ccccc31)C(C([2H])([2H])[2H])(C([2H])([2H])[2H])C([2H])([2H])C([2H])([2H])C2(C([2H])([2H])[2H])C([2H])([2H])[2H]. The molecule has 0 fully saturated rings. The number of imidazole rings is 1. The third-order valence-electron chi connectivity index (χ3n) is 14.5. The topological polar surface area (TPSA) is 61.9 Å². The largest absolute Gasteiger partial charge is 0.453 e. The first-order valence-electron chi connectivity index (χ1n) is 44.6. The highest BCUT2D eigenvalue weighted by molar-refractivity contribution is 6.20. The van der Waals surface area contributed by atoms with Crippen LogP contribution >= 0.6 is 0 Å². The van der Waals surface area contributed by atoms with Crippen LogP contribution in [0.2, 0.25) is 0 Å². The molecule has 7 nitrogen and oxygen atoms in total. The number of pyridine rings is 1. The van der Waals surface area contributed by atoms with E-state index in [-0.39, 0.29) is 39.2 Å². The predicted octanol–water partition coefficient (Wildman–Crippen LogP) is 19.0. The van der Waals surface area contributed by atoms with Gasteiger partial charge in [-0.2, -0.15) is 9.13 Å². The molecule has 7 aromatic carbocycles. The summed E-state index contributed by atoms with van der Waals surface area (Å²) in [5.41, 5.74) is -29.6. The van der Waals surface area contributed by atoms with Gasteiger partial charge in [0.15, 0.2) is 22.4 Å². The van der Waals surface area contributed by atoms with Crippen LogP contribution in [0.4, 0.5) is 0 Å². The maximum atomic E-state index is 10.5. The van der Waals surface area contributed by atoms with Gasteiger partial charge in [-0.25, -0.2) is 9.97 Å². The molecule has 2 aliphatic rings. The Labute approximate surface area is 525 Å². The van der Waals surface area contributed by atoms with E-state index in [1.807, 2.05) is 61.7 Å². The number of hydrogen-bond donors (Lipinski definition) is 0. The Morgan fingerprint density at radius 3 is 1.85 bits per heavy atom. The second-order valence-electron chi connectivity index (χ2n) is 22.4. The molecule has 80 heavy (non-hydrogen) atoms. The molecule has 0 radical (unpaired) electrons. The molecule has 4 aromatic heterocycles. The lowest BCUT2D eigenvalue weighted by molar-refractivity contribution is -0.566. The number of ether oxygens (including phenoxy) is 1. The van der Waals surface area contributed by atoms with Crippen LogP contribution in [0.15, 0.2) is 162 Å². The van der Waals surface area contributed by atoms with Gasteiger partial charge < -0.3 is 9.15 Å². The Bertz CT molecular complexity index is 5760. The minimum absolute atomic E-state index is 0.0695. The van der Waals surface area contributed by atoms with E-state index in [0.29, 0.717) is 28.1 Å². The van der Waals surface area contributed by atoms with Crippen molar-refractivity contribution in [2.45, 2.75) is 154 Å². The summed E-state index contributed by atoms with van der Waals surface area (Å²) in [6, 6.07) is 17.6. The van der Waals surface area contributed by atoms with Crippen molar-refractivity contribution in [3.05, 3.63) is 192 Å². The first-order chi connectivity index (χ1) is 53.5. The molecule has 0 N–H and O–H groups in total. The normalized spacial score (nSPS) is 27.3. The minimum atomic E-state index is -4.86. The molecule has 7 heteroatoms. The first-order valence-corrected chi connectivity index (χ1v) is 25.6. The molecule has 0 saturated heterocycles. The molecule has 0 bridgehead atoms. The van der Waals surface area contributed by atoms with E-state index >= 15 is 0 Å². The summed E-state index contributed by atoms with van der Waals surface area (Å²) in [5.74, 6) is 1.06. The van der Waals surface area contributed by atoms with Gasteiger partial charge in [0.1, 0.15) is 28.5 Å². The number of fused-ring (bicyclic) bond motifs is 8. The van der Waals surface area contributed by atoms with Gasteiger partial charge in [0.25, 0.3) is 6.33 Å². The maximum absolute atomic E-state index is 10.5. The fourth-order valence-electron chi connectivity index (χ4n) is 10.5. The van der Waals surface area contributed by atoms with Gasteiger partial charge in [0.2, 0.25) is 5.89 Å². The van der Waals surface area contributed by atoms with Crippen LogP contribution in [0.1, 0.15) is 208 Å². The second kappa shape index (κ2) is 17.9. The zero-order valence-electron chi connectivity index (χ0n) is 82.1. The molecule has 0 amide bonds. The Balaban J connectivity index is 1.20. The van der Waals surface area contributed by atoms with Crippen LogP contribution in [0.5, 0.6) is 11.5 Å². The number of hydrogen-bond acceptors (Lipinski definition) is 4. The Morgan fingerprint density at radius 1 is 0.625 bits per heavy atom. The standard InChI is InChI=1S/C73H76N5O2/c1-68(2,3)47-33-38-74-62(41-47)78-57-26-16-15-23-52(57)63-60(78)43-61(66-64(63)75-67(80-66)69(4,5)6)79-49-22-19-21-48(42-49)76-44-77(59-28-18-17-27-58(59)76)65-50(45-29-31-53-55(39-45)72(11,12)36-34-70(53,7)8)24-20-25-51(65)46-30-32-54-56(40-46)73(13,14)37-35-71(54,9)10/h15-33,38-44H,34-37H2,1-14H3/q+1/i7D3,8D3,9D3,10D3,11D3,12D3,13D3,14D3,29D,30D,31D,32D,34D2,35D2,36D2,37D2,39D,40D. The fraction of sp³-hybridized carbons (Fsp3) is 0.329. The maximum Gasteiger partial charge on any atom is 0.255 e. The molecule has 13 rings (SSSR count). The lowest BCUT2D eigenvalue weighted by Gasteiger charge is -2.42. The van der Waals surface area contributed by atoms with Crippen molar-refractivity contribution in [2.24, 2.45) is 0 Å². The molecule has 2 aliphatic carbocycles. The molecule has 404 valence electrons. The Morgan fingerprint density at radius 2 is 1.23 bits per heavy atom. The molecular formula is C73H76N5O2+. The van der Waals surface area contributed by atoms with Crippen molar-refractivity contribution in [1.82, 2.24) is 19.1 Å². The number of para-hydroxylation sites is 4. The summed E-state index contributed by atoms with van der Waals surface area (Å²) in [4.78, 5) is 9.96. The molecular weight excluding hydrogens is 979 g/mol. The van der Waals surface area contributed by atoms with Gasteiger partial charge in [-0.05, 0) is 134 Å². The smallest absolute Gasteiger partial charge is 0.255 e. The average Bonchev–Trinajstić information content (AvgIpc) is 0.773. The average molecular weight is 1090 g/mol. The van der Waals surface area contributed by atoms with Crippen LogP contribution < -0.4 is 9.30 Å². The molecule has 0 atom stereocenters. The van der Waals surface area contributed by atoms with Crippen LogP contribution in [0, 0.1) is 0 Å². The molecule has 4 heterocycles. The number of benzene rings is 7. The summed E-state index contributed by atoms with van der Waals surface area (Å²) in [6.07, 6.45) is -16.4. The van der Waals surface area contributed by atoms with Gasteiger partial charge >= 0.3 is 0 Å². The van der Waals surface area contributed by atoms with E-state index in [4.69, 9.17) is 52.0 Å². The van der Waals surface area contributed by atoms with Gasteiger partial charge in [-0.15, -0.1) is 0 Å². The van der Waals surface area contributed by atoms with Gasteiger partial charge in [-0.3, -0.25) is 4.57 Å². The number of nitrogens with zero attached hydrogens (tertiary/aromatic N) is 5. The minimum Gasteiger partial charge on any atom is -0.453 e. The highest BCUT2D eigenvalue weighted by Crippen LogP contribution is 2.50. The van der Waals surface area contributed by atoms with E-state index < -0.39 is 194 Å². The lowest BCUT2D eigenvalue weighted by atomic mass is 9.62. The number of oxazole rings is 1. The van der Waals surface area contributed by atoms with Crippen molar-refractivity contribution < 1.29 is 65.8 Å². The molecule has 0 spiro atoms. The van der Waals surface area contributed by atoms with E-state index in [2.05, 4.69) is 20.8 Å². The summed E-state index contributed by atoms with van der Waals surface area (Å²) in [5, 5.41) is 1.46. The third-order valence-corrected chi connectivity index (χ3v) is 14.5. The Hall–Kier alpha value is -7.77. The zero-order chi connectivity index (χ0) is 88.4. The fourth-order valence-corrected chi connectivity index (χ4v) is 10.5. The first kappa shape index (κ1) is 24.5. The predicted molar refractivity (Wildman–Crippen MR) is 330 cm³/mol. The summed E-state index contributed by atoms with van der Waals surface area (Å²) in [7, 11) is 0. The van der Waals surface area contributed by atoms with Crippen LogP contribution in [0.3, 0.4) is 0 Å². The highest BCUT2D eigenvalue weighted by Gasteiger charge is 2.40. The van der Waals surface area contributed by atoms with Crippen molar-refractivity contribution in [2.75, 3.05) is 0 Å². The second-order valence-corrected chi connectivity index (χ2v) is 22.4. The van der Waals surface area contributed by atoms with Crippen molar-refractivity contribution in [1.29, 1.82) is 0 Å². The summed E-state index contributed by atoms with van der Waals surface area (Å²) < 4.78 is 372. The van der Waals surface area contributed by atoms with Crippen molar-refractivity contribution >= 4 is 43.9 Å². The van der Waals surface area contributed by atoms with Gasteiger partial charge in [0, 0.05) is 89.5 Å².